The number of carbonyl (C=O) groups excluding carboxylic acids is 1. The first-order valence-corrected chi connectivity index (χ1v) is 11.3. The number of ether oxygens (including phenoxy) is 1. The third-order valence-electron chi connectivity index (χ3n) is 5.83. The van der Waals surface area contributed by atoms with Crippen LogP contribution in [0.2, 0.25) is 0 Å². The topological polar surface area (TPSA) is 132 Å². The molecule has 0 spiro atoms. The second-order valence-electron chi connectivity index (χ2n) is 8.15. The summed E-state index contributed by atoms with van der Waals surface area (Å²) >= 11 is 0. The summed E-state index contributed by atoms with van der Waals surface area (Å²) in [4.78, 5) is 34.1. The van der Waals surface area contributed by atoms with E-state index in [0.29, 0.717) is 36.1 Å². The van der Waals surface area contributed by atoms with Crippen LogP contribution in [0.15, 0.2) is 55.2 Å². The zero-order chi connectivity index (χ0) is 24.8. The van der Waals surface area contributed by atoms with Crippen LogP contribution in [0.4, 0.5) is 5.82 Å². The smallest absolute Gasteiger partial charge is 0.251 e. The number of hydrogen-bond acceptors (Lipinski definition) is 9. The fourth-order valence-electron chi connectivity index (χ4n) is 3.88. The molecule has 0 aliphatic heterocycles. The fourth-order valence-corrected chi connectivity index (χ4v) is 3.88. The number of hydrazine groups is 1. The number of rotatable bonds is 9. The average molecular weight is 473 g/mol. The summed E-state index contributed by atoms with van der Waals surface area (Å²) in [7, 11) is 3.22. The van der Waals surface area contributed by atoms with Gasteiger partial charge in [-0.05, 0) is 24.0 Å². The van der Waals surface area contributed by atoms with E-state index in [2.05, 4.69) is 37.2 Å². The van der Waals surface area contributed by atoms with Crippen molar-refractivity contribution in [1.82, 2.24) is 30.2 Å². The highest BCUT2D eigenvalue weighted by Gasteiger charge is 2.16. The molecule has 3 heterocycles. The number of nitrogens with one attached hydrogen (secondary N) is 1. The van der Waals surface area contributed by atoms with E-state index in [1.807, 2.05) is 24.3 Å². The summed E-state index contributed by atoms with van der Waals surface area (Å²) in [5.41, 5.74) is 3.95. The lowest BCUT2D eigenvalue weighted by molar-refractivity contribution is 0.0964. The molecule has 1 aromatic carbocycles. The van der Waals surface area contributed by atoms with Gasteiger partial charge >= 0.3 is 0 Å². The molecule has 180 valence electrons. The van der Waals surface area contributed by atoms with Gasteiger partial charge in [0.25, 0.3) is 5.91 Å². The molecule has 1 unspecified atom stereocenters. The molecule has 4 aromatic rings. The maximum absolute atomic E-state index is 12.3. The van der Waals surface area contributed by atoms with Crippen molar-refractivity contribution < 1.29 is 9.53 Å². The molecule has 10 nitrogen and oxygen atoms in total. The molecular weight excluding hydrogens is 444 g/mol. The predicted octanol–water partition coefficient (Wildman–Crippen LogP) is 2.86. The Morgan fingerprint density at radius 3 is 2.69 bits per heavy atom. The zero-order valence-corrected chi connectivity index (χ0v) is 20.0. The third kappa shape index (κ3) is 5.39. The van der Waals surface area contributed by atoms with Gasteiger partial charge in [-0.2, -0.15) is 0 Å². The van der Waals surface area contributed by atoms with Crippen LogP contribution in [0.5, 0.6) is 0 Å². The summed E-state index contributed by atoms with van der Waals surface area (Å²) in [6.45, 7) is 3.04. The lowest BCUT2D eigenvalue weighted by Crippen LogP contribution is -2.33. The van der Waals surface area contributed by atoms with E-state index < -0.39 is 0 Å². The summed E-state index contributed by atoms with van der Waals surface area (Å²) in [5, 5.41) is 5.13. The fraction of sp³-hybridized carbons (Fsp3) is 0.280. The van der Waals surface area contributed by atoms with E-state index in [0.717, 1.165) is 28.5 Å². The summed E-state index contributed by atoms with van der Waals surface area (Å²) in [6.07, 6.45) is 7.32. The zero-order valence-electron chi connectivity index (χ0n) is 20.0. The number of para-hydroxylation sites is 1. The normalized spacial score (nSPS) is 11.9. The van der Waals surface area contributed by atoms with Crippen LogP contribution in [-0.2, 0) is 11.3 Å². The van der Waals surface area contributed by atoms with Gasteiger partial charge in [-0.1, -0.05) is 25.1 Å². The van der Waals surface area contributed by atoms with Crippen molar-refractivity contribution in [3.8, 4) is 11.3 Å². The maximum atomic E-state index is 12.3. The Bertz CT molecular complexity index is 1310. The summed E-state index contributed by atoms with van der Waals surface area (Å²) in [6, 6.07) is 9.48. The highest BCUT2D eigenvalue weighted by atomic mass is 16.5. The molecule has 3 aromatic heterocycles. The van der Waals surface area contributed by atoms with E-state index in [9.17, 15) is 4.79 Å². The van der Waals surface area contributed by atoms with E-state index in [1.54, 1.807) is 43.8 Å². The largest absolute Gasteiger partial charge is 0.377 e. The van der Waals surface area contributed by atoms with Crippen LogP contribution in [0, 0.1) is 0 Å². The molecule has 35 heavy (non-hydrogen) atoms. The number of nitrogens with zero attached hydrogens (tertiary/aromatic N) is 6. The molecule has 0 aliphatic carbocycles. The van der Waals surface area contributed by atoms with E-state index in [4.69, 9.17) is 10.6 Å². The summed E-state index contributed by atoms with van der Waals surface area (Å²) in [5.74, 6) is 7.58. The number of anilines is 1. The lowest BCUT2D eigenvalue weighted by atomic mass is 9.93. The molecular formula is C25H28N8O2. The highest BCUT2D eigenvalue weighted by Crippen LogP contribution is 2.28. The Morgan fingerprint density at radius 1 is 1.14 bits per heavy atom. The number of benzene rings is 1. The van der Waals surface area contributed by atoms with Gasteiger partial charge in [0.15, 0.2) is 5.82 Å². The Kier molecular flexibility index (Phi) is 7.54. The van der Waals surface area contributed by atoms with Crippen LogP contribution in [0.25, 0.3) is 22.2 Å². The Balaban J connectivity index is 1.48. The first kappa shape index (κ1) is 24.1. The van der Waals surface area contributed by atoms with Gasteiger partial charge in [0.05, 0.1) is 16.8 Å². The Hall–Kier alpha value is -4.02. The SMILES string of the molecule is CNC(=O)c1ccnc2c(C(C)CCN(N)c3cc(-c4cnc(COC)nc4)ncn3)cccc12. The average Bonchev–Trinajstić information content (AvgIpc) is 2.91. The van der Waals surface area contributed by atoms with Gasteiger partial charge in [0.2, 0.25) is 0 Å². The number of aromatic nitrogens is 5. The molecule has 0 aliphatic rings. The van der Waals surface area contributed by atoms with Crippen molar-refractivity contribution in [3.05, 3.63) is 72.2 Å². The molecule has 0 fully saturated rings. The minimum Gasteiger partial charge on any atom is -0.377 e. The van der Waals surface area contributed by atoms with Crippen LogP contribution < -0.4 is 16.2 Å². The van der Waals surface area contributed by atoms with Gasteiger partial charge in [-0.25, -0.2) is 25.8 Å². The van der Waals surface area contributed by atoms with Crippen molar-refractivity contribution in [3.63, 3.8) is 0 Å². The van der Waals surface area contributed by atoms with Crippen LogP contribution in [0.3, 0.4) is 0 Å². The second-order valence-corrected chi connectivity index (χ2v) is 8.15. The van der Waals surface area contributed by atoms with Gasteiger partial charge in [0, 0.05) is 56.3 Å². The van der Waals surface area contributed by atoms with Crippen LogP contribution in [0.1, 0.15) is 41.0 Å². The quantitative estimate of drug-likeness (QED) is 0.279. The van der Waals surface area contributed by atoms with Crippen molar-refractivity contribution in [1.29, 1.82) is 0 Å². The van der Waals surface area contributed by atoms with Gasteiger partial charge in [0.1, 0.15) is 18.8 Å². The monoisotopic (exact) mass is 472 g/mol. The summed E-state index contributed by atoms with van der Waals surface area (Å²) < 4.78 is 5.05. The van der Waals surface area contributed by atoms with Gasteiger partial charge < -0.3 is 10.1 Å². The number of carbonyl (C=O) groups is 1. The highest BCUT2D eigenvalue weighted by molar-refractivity contribution is 6.06. The van der Waals surface area contributed by atoms with Gasteiger partial charge in [-0.3, -0.25) is 14.8 Å². The molecule has 0 saturated carbocycles. The van der Waals surface area contributed by atoms with Gasteiger partial charge in [-0.15, -0.1) is 0 Å². The number of pyridine rings is 1. The van der Waals surface area contributed by atoms with Crippen molar-refractivity contribution >= 4 is 22.6 Å². The van der Waals surface area contributed by atoms with Crippen molar-refractivity contribution in [2.24, 2.45) is 5.84 Å². The molecule has 0 radical (unpaired) electrons. The number of amides is 1. The number of methoxy groups -OCH3 is 1. The maximum Gasteiger partial charge on any atom is 0.251 e. The minimum atomic E-state index is -0.131. The standard InChI is InChI=1S/C25H28N8O2/c1-16(18-5-4-6-19-20(25(34)27-2)7-9-28-24(18)19)8-10-33(26)23-11-21(31-15-32-23)17-12-29-22(14-35-3)30-13-17/h4-7,9,11-13,15-16H,8,10,14,26H2,1-3H3,(H,27,34). The van der Waals surface area contributed by atoms with Crippen molar-refractivity contribution in [2.45, 2.75) is 25.9 Å². The number of hydrogen-bond donors (Lipinski definition) is 2. The molecule has 1 atom stereocenters. The first-order chi connectivity index (χ1) is 17.0. The molecule has 10 heteroatoms. The van der Waals surface area contributed by atoms with Crippen LogP contribution >= 0.6 is 0 Å². The number of nitrogens with two attached hydrogens (primary N) is 1. The third-order valence-corrected chi connectivity index (χ3v) is 5.83. The van der Waals surface area contributed by atoms with E-state index in [-0.39, 0.29) is 11.8 Å². The lowest BCUT2D eigenvalue weighted by Gasteiger charge is -2.21. The van der Waals surface area contributed by atoms with Crippen LogP contribution in [-0.4, -0.2) is 51.5 Å². The van der Waals surface area contributed by atoms with Crippen molar-refractivity contribution in [2.75, 3.05) is 25.7 Å². The van der Waals surface area contributed by atoms with E-state index >= 15 is 0 Å². The molecule has 0 bridgehead atoms. The molecule has 3 N–H and O–H groups in total. The second kappa shape index (κ2) is 10.9. The molecule has 1 amide bonds. The predicted molar refractivity (Wildman–Crippen MR) is 133 cm³/mol. The molecule has 0 saturated heterocycles. The first-order valence-electron chi connectivity index (χ1n) is 11.3. The molecule has 4 rings (SSSR count). The number of fused-ring (bicyclic) bond motifs is 1. The Morgan fingerprint density at radius 2 is 1.94 bits per heavy atom. The minimum absolute atomic E-state index is 0.131. The van der Waals surface area contributed by atoms with E-state index in [1.165, 1.54) is 6.33 Å². The Labute approximate surface area is 203 Å².